The number of nitro groups is 1. The van der Waals surface area contributed by atoms with Crippen LogP contribution in [0.3, 0.4) is 0 Å². The van der Waals surface area contributed by atoms with Crippen LogP contribution in [0.15, 0.2) is 39.7 Å². The van der Waals surface area contributed by atoms with Gasteiger partial charge < -0.3 is 4.90 Å². The summed E-state index contributed by atoms with van der Waals surface area (Å²) in [5.41, 5.74) is 1.05. The van der Waals surface area contributed by atoms with Crippen molar-refractivity contribution in [2.45, 2.75) is 6.54 Å². The Morgan fingerprint density at radius 3 is 2.67 bits per heavy atom. The molecule has 1 aromatic carbocycles. The summed E-state index contributed by atoms with van der Waals surface area (Å²) in [7, 11) is 3.64. The smallest absolute Gasteiger partial charge is 0.283 e. The number of hydrogen-bond donors (Lipinski definition) is 0. The Hall–Kier alpha value is -2.22. The van der Waals surface area contributed by atoms with Crippen LogP contribution < -0.4 is 10.5 Å². The molecule has 21 heavy (non-hydrogen) atoms. The van der Waals surface area contributed by atoms with Gasteiger partial charge in [0, 0.05) is 26.2 Å². The van der Waals surface area contributed by atoms with Gasteiger partial charge in [-0.1, -0.05) is 6.07 Å². The summed E-state index contributed by atoms with van der Waals surface area (Å²) in [4.78, 5) is 24.2. The minimum atomic E-state index is -0.473. The number of nitrogens with zero attached hydrogens (tertiary/aromatic N) is 4. The Balaban J connectivity index is 2.32. The van der Waals surface area contributed by atoms with Gasteiger partial charge in [-0.15, -0.1) is 0 Å². The minimum Gasteiger partial charge on any atom is -0.376 e. The molecule has 0 atom stereocenters. The molecule has 0 amide bonds. The lowest BCUT2D eigenvalue weighted by atomic mass is 10.2. The fraction of sp³-hybridized carbons (Fsp3) is 0.231. The molecule has 0 bridgehead atoms. The second kappa shape index (κ2) is 6.04. The van der Waals surface area contributed by atoms with Crippen molar-refractivity contribution < 1.29 is 4.92 Å². The van der Waals surface area contributed by atoms with Crippen LogP contribution in [0.5, 0.6) is 0 Å². The Labute approximate surface area is 129 Å². The van der Waals surface area contributed by atoms with E-state index in [-0.39, 0.29) is 17.8 Å². The predicted molar refractivity (Wildman–Crippen MR) is 82.7 cm³/mol. The molecule has 2 rings (SSSR count). The average molecular weight is 353 g/mol. The van der Waals surface area contributed by atoms with Crippen LogP contribution >= 0.6 is 15.9 Å². The quantitative estimate of drug-likeness (QED) is 0.621. The van der Waals surface area contributed by atoms with E-state index in [0.29, 0.717) is 15.7 Å². The van der Waals surface area contributed by atoms with Gasteiger partial charge in [-0.3, -0.25) is 14.9 Å². The number of hydrogen-bond acceptors (Lipinski definition) is 5. The van der Waals surface area contributed by atoms with E-state index >= 15 is 0 Å². The molecule has 0 fully saturated rings. The Morgan fingerprint density at radius 2 is 2.10 bits per heavy atom. The molecular formula is C13H13BrN4O3. The number of nitro benzene ring substituents is 1. The van der Waals surface area contributed by atoms with E-state index in [4.69, 9.17) is 0 Å². The highest BCUT2D eigenvalue weighted by molar-refractivity contribution is 9.10. The maximum Gasteiger partial charge on any atom is 0.283 e. The van der Waals surface area contributed by atoms with Crippen molar-refractivity contribution >= 4 is 27.3 Å². The summed E-state index contributed by atoms with van der Waals surface area (Å²) in [6.45, 7) is 0.181. The summed E-state index contributed by atoms with van der Waals surface area (Å²) in [6.07, 6.45) is 1.58. The average Bonchev–Trinajstić information content (AvgIpc) is 2.42. The van der Waals surface area contributed by atoms with Gasteiger partial charge in [-0.2, -0.15) is 5.10 Å². The molecule has 0 unspecified atom stereocenters. The molecule has 0 saturated heterocycles. The molecule has 0 N–H and O–H groups in total. The van der Waals surface area contributed by atoms with Gasteiger partial charge in [-0.05, 0) is 27.6 Å². The summed E-state index contributed by atoms with van der Waals surface area (Å²) in [5, 5.41) is 15.0. The Morgan fingerprint density at radius 1 is 1.38 bits per heavy atom. The van der Waals surface area contributed by atoms with Crippen molar-refractivity contribution in [2.75, 3.05) is 19.0 Å². The summed E-state index contributed by atoms with van der Waals surface area (Å²) < 4.78 is 1.67. The van der Waals surface area contributed by atoms with Crippen molar-refractivity contribution in [2.24, 2.45) is 0 Å². The third-order valence-corrected chi connectivity index (χ3v) is 3.58. The summed E-state index contributed by atoms with van der Waals surface area (Å²) in [5.74, 6) is 0. The van der Waals surface area contributed by atoms with Crippen LogP contribution in [0.25, 0.3) is 0 Å². The summed E-state index contributed by atoms with van der Waals surface area (Å²) >= 11 is 3.13. The van der Waals surface area contributed by atoms with Gasteiger partial charge in [0.25, 0.3) is 11.2 Å². The van der Waals surface area contributed by atoms with Crippen molar-refractivity contribution in [1.29, 1.82) is 0 Å². The van der Waals surface area contributed by atoms with Gasteiger partial charge in [0.1, 0.15) is 0 Å². The van der Waals surface area contributed by atoms with Gasteiger partial charge >= 0.3 is 0 Å². The molecule has 0 spiro atoms. The molecule has 0 saturated carbocycles. The highest BCUT2D eigenvalue weighted by Crippen LogP contribution is 2.25. The highest BCUT2D eigenvalue weighted by Gasteiger charge is 2.13. The zero-order chi connectivity index (χ0) is 15.6. The monoisotopic (exact) mass is 352 g/mol. The second-order valence-electron chi connectivity index (χ2n) is 4.65. The number of anilines is 1. The third-order valence-electron chi connectivity index (χ3n) is 2.91. The van der Waals surface area contributed by atoms with E-state index in [0.717, 1.165) is 0 Å². The van der Waals surface area contributed by atoms with E-state index < -0.39 is 4.92 Å². The predicted octanol–water partition coefficient (Wildman–Crippen LogP) is 2.03. The first-order chi connectivity index (χ1) is 9.88. The zero-order valence-electron chi connectivity index (χ0n) is 11.5. The summed E-state index contributed by atoms with van der Waals surface area (Å²) in [6, 6.07) is 6.20. The van der Waals surface area contributed by atoms with Crippen LogP contribution in [0.4, 0.5) is 11.4 Å². The second-order valence-corrected chi connectivity index (χ2v) is 5.50. The lowest BCUT2D eigenvalue weighted by molar-refractivity contribution is -0.385. The van der Waals surface area contributed by atoms with E-state index in [1.807, 2.05) is 14.1 Å². The molecule has 110 valence electrons. The zero-order valence-corrected chi connectivity index (χ0v) is 13.1. The lowest BCUT2D eigenvalue weighted by Gasteiger charge is -2.12. The highest BCUT2D eigenvalue weighted by atomic mass is 79.9. The van der Waals surface area contributed by atoms with Gasteiger partial charge in [-0.25, -0.2) is 4.68 Å². The molecule has 7 nitrogen and oxygen atoms in total. The van der Waals surface area contributed by atoms with Crippen molar-refractivity contribution in [1.82, 2.24) is 9.78 Å². The first-order valence-electron chi connectivity index (χ1n) is 6.06. The molecule has 0 aliphatic carbocycles. The van der Waals surface area contributed by atoms with E-state index in [1.54, 1.807) is 23.2 Å². The number of benzene rings is 1. The normalized spacial score (nSPS) is 10.4. The fourth-order valence-corrected chi connectivity index (χ4v) is 2.15. The van der Waals surface area contributed by atoms with E-state index in [2.05, 4.69) is 21.0 Å². The minimum absolute atomic E-state index is 0.0366. The molecule has 2 aromatic rings. The van der Waals surface area contributed by atoms with Crippen LogP contribution in [-0.2, 0) is 6.54 Å². The van der Waals surface area contributed by atoms with Crippen molar-refractivity contribution in [3.63, 3.8) is 0 Å². The Bertz CT molecular complexity index is 742. The van der Waals surface area contributed by atoms with Gasteiger partial charge in [0.15, 0.2) is 0 Å². The van der Waals surface area contributed by atoms with Crippen LogP contribution in [0.1, 0.15) is 5.56 Å². The maximum atomic E-state index is 12.0. The molecule has 0 aliphatic rings. The first kappa shape index (κ1) is 15.2. The first-order valence-corrected chi connectivity index (χ1v) is 6.85. The molecule has 0 aliphatic heterocycles. The molecule has 0 radical (unpaired) electrons. The standard InChI is InChI=1S/C13H13BrN4O3/c1-16(2)10-6-13(19)17(15-7-10)8-9-3-4-11(14)12(5-9)18(20)21/h3-7H,8H2,1-2H3. The number of halogens is 1. The van der Waals surface area contributed by atoms with Crippen LogP contribution in [0.2, 0.25) is 0 Å². The molecule has 8 heteroatoms. The van der Waals surface area contributed by atoms with Crippen LogP contribution in [0, 0.1) is 10.1 Å². The van der Waals surface area contributed by atoms with E-state index in [9.17, 15) is 14.9 Å². The lowest BCUT2D eigenvalue weighted by Crippen LogP contribution is -2.24. The van der Waals surface area contributed by atoms with Gasteiger partial charge in [0.2, 0.25) is 0 Å². The number of aromatic nitrogens is 2. The Kier molecular flexibility index (Phi) is 4.37. The topological polar surface area (TPSA) is 81.3 Å². The molecular weight excluding hydrogens is 340 g/mol. The largest absolute Gasteiger partial charge is 0.376 e. The van der Waals surface area contributed by atoms with Crippen molar-refractivity contribution in [3.05, 3.63) is 61.0 Å². The van der Waals surface area contributed by atoms with Crippen LogP contribution in [-0.4, -0.2) is 28.8 Å². The third kappa shape index (κ3) is 3.46. The fourth-order valence-electron chi connectivity index (χ4n) is 1.76. The number of rotatable bonds is 4. The van der Waals surface area contributed by atoms with E-state index in [1.165, 1.54) is 16.8 Å². The maximum absolute atomic E-state index is 12.0. The SMILES string of the molecule is CN(C)c1cnn(Cc2ccc(Br)c([N+](=O)[O-])c2)c(=O)c1. The molecule has 1 heterocycles. The van der Waals surface area contributed by atoms with Gasteiger partial charge in [0.05, 0.1) is 27.8 Å². The molecule has 1 aromatic heterocycles. The van der Waals surface area contributed by atoms with Crippen molar-refractivity contribution in [3.8, 4) is 0 Å².